The lowest BCUT2D eigenvalue weighted by Gasteiger charge is -2.37. The topological polar surface area (TPSA) is 189 Å². The number of hydrogen-bond acceptors (Lipinski definition) is 10. The van der Waals surface area contributed by atoms with Gasteiger partial charge in [0.05, 0.1) is 31.4 Å². The Kier molecular flexibility index (Phi) is 11.2. The molecule has 15 heteroatoms. The van der Waals surface area contributed by atoms with Crippen LogP contribution in [0.4, 0.5) is 15.5 Å². The number of benzene rings is 3. The fraction of sp³-hybridized carbons (Fsp3) is 0.447. The highest BCUT2D eigenvalue weighted by Crippen LogP contribution is 2.60. The maximum atomic E-state index is 16.3. The molecule has 284 valence electrons. The Morgan fingerprint density at radius 1 is 0.925 bits per heavy atom. The first kappa shape index (κ1) is 38.7. The molecule has 13 nitrogen and oxygen atoms in total. The number of aliphatic hydroxyl groups is 5. The molecular formula is C38H46FN3O10Si. The molecule has 1 spiro atoms. The summed E-state index contributed by atoms with van der Waals surface area (Å²) < 4.78 is 28.1. The maximum absolute atomic E-state index is 16.3. The van der Waals surface area contributed by atoms with Crippen molar-refractivity contribution in [2.75, 3.05) is 23.4 Å². The molecule has 6 N–H and O–H groups in total. The van der Waals surface area contributed by atoms with Crippen molar-refractivity contribution >= 4 is 37.5 Å². The molecule has 2 fully saturated rings. The number of fused-ring (bicyclic) bond motifs is 2. The van der Waals surface area contributed by atoms with Gasteiger partial charge in [0.25, 0.3) is 11.8 Å². The predicted octanol–water partition coefficient (Wildman–Crippen LogP) is 2.16. The van der Waals surface area contributed by atoms with E-state index in [0.717, 1.165) is 5.56 Å². The van der Waals surface area contributed by atoms with Gasteiger partial charge in [-0.1, -0.05) is 67.6 Å². The van der Waals surface area contributed by atoms with E-state index in [4.69, 9.17) is 9.47 Å². The van der Waals surface area contributed by atoms with Crippen LogP contribution in [0.3, 0.4) is 0 Å². The SMILES string of the molecule is C[C@H]1[C@H]([Si](C)(C)F)[C@@H](CC(=O)N(CCO)Cc2ccccc2)O[C@]12C(=O)N(Cc1ccc(NC(=O)[C@H]3O[C@@H](O)[C@H](O)[C@@H](O)[C@@H]3O)cc1)c1ccccc12. The van der Waals surface area contributed by atoms with Crippen LogP contribution in [-0.4, -0.2) is 107 Å². The summed E-state index contributed by atoms with van der Waals surface area (Å²) in [5.41, 5.74) is 0.816. The number of carbonyl (C=O) groups is 3. The molecule has 3 aliphatic heterocycles. The number of para-hydroxylation sites is 1. The van der Waals surface area contributed by atoms with E-state index in [0.29, 0.717) is 22.5 Å². The molecular weight excluding hydrogens is 706 g/mol. The summed E-state index contributed by atoms with van der Waals surface area (Å²) >= 11 is 0. The van der Waals surface area contributed by atoms with Gasteiger partial charge in [0.2, 0.25) is 14.3 Å². The monoisotopic (exact) mass is 751 g/mol. The Balaban J connectivity index is 1.22. The molecule has 0 aromatic heterocycles. The summed E-state index contributed by atoms with van der Waals surface area (Å²) in [6.45, 7) is 5.17. The normalized spacial score (nSPS) is 29.7. The summed E-state index contributed by atoms with van der Waals surface area (Å²) in [7, 11) is -3.55. The lowest BCUT2D eigenvalue weighted by molar-refractivity contribution is -0.274. The largest absolute Gasteiger partial charge is 0.395 e. The highest BCUT2D eigenvalue weighted by atomic mass is 28.4. The molecule has 6 rings (SSSR count). The third-order valence-electron chi connectivity index (χ3n) is 10.6. The third-order valence-corrected chi connectivity index (χ3v) is 13.0. The zero-order valence-corrected chi connectivity index (χ0v) is 30.7. The number of halogens is 1. The fourth-order valence-corrected chi connectivity index (χ4v) is 10.5. The van der Waals surface area contributed by atoms with Gasteiger partial charge in [-0.05, 0) is 42.4 Å². The number of amides is 3. The van der Waals surface area contributed by atoms with Crippen molar-refractivity contribution in [3.8, 4) is 0 Å². The number of nitrogens with zero attached hydrogens (tertiary/aromatic N) is 2. The smallest absolute Gasteiger partial charge is 0.264 e. The standard InChI is InChI=1S/C38H46FN3O10Si/c1-22-34(53(2,3)39)28(19-29(44)41(17-18-43)20-23-9-5-4-6-10-23)52-38(22)26-11-7-8-12-27(26)42(37(38)50)21-24-13-15-25(16-14-24)40-35(48)33-31(46)30(45)32(47)36(49)51-33/h4-16,22,28,30-34,36,43,45-47,49H,17-21H2,1-3H3,(H,40,48)/t22-,28+,30-,31-,32+,33-,34-,36+,38+/m0/s1. The number of carbonyl (C=O) groups excluding carboxylic acids is 3. The van der Waals surface area contributed by atoms with Crippen molar-refractivity contribution in [1.29, 1.82) is 0 Å². The molecule has 3 aliphatic rings. The minimum absolute atomic E-state index is 0.0902. The van der Waals surface area contributed by atoms with Gasteiger partial charge in [-0.2, -0.15) is 0 Å². The Morgan fingerprint density at radius 2 is 1.58 bits per heavy atom. The second-order valence-corrected chi connectivity index (χ2v) is 18.3. The van der Waals surface area contributed by atoms with E-state index in [9.17, 15) is 39.9 Å². The van der Waals surface area contributed by atoms with E-state index in [1.165, 1.54) is 4.90 Å². The van der Waals surface area contributed by atoms with Crippen LogP contribution in [-0.2, 0) is 42.5 Å². The van der Waals surface area contributed by atoms with Gasteiger partial charge in [-0.15, -0.1) is 0 Å². The van der Waals surface area contributed by atoms with Crippen LogP contribution in [0.2, 0.25) is 18.6 Å². The van der Waals surface area contributed by atoms with Crippen LogP contribution in [0.25, 0.3) is 0 Å². The second kappa shape index (κ2) is 15.4. The first-order chi connectivity index (χ1) is 25.2. The van der Waals surface area contributed by atoms with E-state index < -0.39 is 68.2 Å². The number of ether oxygens (including phenoxy) is 2. The van der Waals surface area contributed by atoms with E-state index in [1.807, 2.05) is 37.3 Å². The third kappa shape index (κ3) is 7.40. The average Bonchev–Trinajstić information content (AvgIpc) is 3.55. The van der Waals surface area contributed by atoms with Crippen LogP contribution in [0, 0.1) is 5.92 Å². The van der Waals surface area contributed by atoms with Crippen molar-refractivity contribution < 1.29 is 53.5 Å². The molecule has 9 atom stereocenters. The number of nitrogens with one attached hydrogen (secondary N) is 1. The predicted molar refractivity (Wildman–Crippen MR) is 193 cm³/mol. The fourth-order valence-electron chi connectivity index (χ4n) is 8.04. The second-order valence-electron chi connectivity index (χ2n) is 14.5. The van der Waals surface area contributed by atoms with Gasteiger partial charge in [0, 0.05) is 35.8 Å². The Bertz CT molecular complexity index is 1800. The zero-order valence-electron chi connectivity index (χ0n) is 29.7. The van der Waals surface area contributed by atoms with Crippen molar-refractivity contribution in [2.24, 2.45) is 5.92 Å². The Morgan fingerprint density at radius 3 is 2.25 bits per heavy atom. The van der Waals surface area contributed by atoms with Crippen molar-refractivity contribution in [3.05, 3.63) is 95.6 Å². The molecule has 0 radical (unpaired) electrons. The van der Waals surface area contributed by atoms with Gasteiger partial charge in [-0.3, -0.25) is 14.4 Å². The molecule has 0 aliphatic carbocycles. The summed E-state index contributed by atoms with van der Waals surface area (Å²) in [4.78, 5) is 44.4. The van der Waals surface area contributed by atoms with E-state index in [2.05, 4.69) is 5.32 Å². The highest BCUT2D eigenvalue weighted by Gasteiger charge is 2.67. The molecule has 3 heterocycles. The van der Waals surface area contributed by atoms with Gasteiger partial charge >= 0.3 is 0 Å². The van der Waals surface area contributed by atoms with Crippen LogP contribution >= 0.6 is 0 Å². The minimum Gasteiger partial charge on any atom is -0.395 e. The van der Waals surface area contributed by atoms with E-state index in [1.54, 1.807) is 66.5 Å². The first-order valence-electron chi connectivity index (χ1n) is 17.7. The van der Waals surface area contributed by atoms with E-state index >= 15 is 4.11 Å². The first-order valence-corrected chi connectivity index (χ1v) is 20.6. The molecule has 3 amide bonds. The van der Waals surface area contributed by atoms with Crippen LogP contribution < -0.4 is 10.2 Å². The summed E-state index contributed by atoms with van der Waals surface area (Å²) in [6.07, 6.45) is -9.91. The number of rotatable bonds is 11. The van der Waals surface area contributed by atoms with Crippen molar-refractivity contribution in [3.63, 3.8) is 0 Å². The van der Waals surface area contributed by atoms with Gasteiger partial charge < -0.3 is 54.2 Å². The molecule has 0 saturated carbocycles. The minimum atomic E-state index is -3.55. The number of anilines is 2. The van der Waals surface area contributed by atoms with Crippen molar-refractivity contribution in [1.82, 2.24) is 4.90 Å². The molecule has 53 heavy (non-hydrogen) atoms. The quantitative estimate of drug-likeness (QED) is 0.125. The van der Waals surface area contributed by atoms with Crippen LogP contribution in [0.1, 0.15) is 30.0 Å². The van der Waals surface area contributed by atoms with Crippen LogP contribution in [0.5, 0.6) is 0 Å². The summed E-state index contributed by atoms with van der Waals surface area (Å²) in [5.74, 6) is -2.15. The maximum Gasteiger partial charge on any atom is 0.264 e. The highest BCUT2D eigenvalue weighted by molar-refractivity contribution is 6.72. The molecule has 2 saturated heterocycles. The van der Waals surface area contributed by atoms with E-state index in [-0.39, 0.29) is 44.5 Å². The lowest BCUT2D eigenvalue weighted by Crippen LogP contribution is -2.60. The molecule has 3 aromatic carbocycles. The molecule has 0 unspecified atom stereocenters. The summed E-state index contributed by atoms with van der Waals surface area (Å²) in [6, 6.07) is 23.1. The molecule has 3 aromatic rings. The van der Waals surface area contributed by atoms with Gasteiger partial charge in [-0.25, -0.2) is 0 Å². The zero-order chi connectivity index (χ0) is 38.2. The van der Waals surface area contributed by atoms with Crippen LogP contribution in [0.15, 0.2) is 78.9 Å². The number of aliphatic hydroxyl groups excluding tert-OH is 5. The van der Waals surface area contributed by atoms with Crippen molar-refractivity contribution in [2.45, 2.75) is 87.5 Å². The van der Waals surface area contributed by atoms with Gasteiger partial charge in [0.15, 0.2) is 18.0 Å². The average molecular weight is 752 g/mol. The molecule has 0 bridgehead atoms. The summed E-state index contributed by atoms with van der Waals surface area (Å²) in [5, 5.41) is 52.0. The lowest BCUT2D eigenvalue weighted by atomic mass is 9.82. The Labute approximate surface area is 307 Å². The number of hydrogen-bond donors (Lipinski definition) is 6. The Hall–Kier alpha value is -4.06. The van der Waals surface area contributed by atoms with Gasteiger partial charge in [0.1, 0.15) is 18.3 Å².